The maximum Gasteiger partial charge on any atom is 0.196 e. The number of hydrogen-bond acceptors (Lipinski definition) is 2. The van der Waals surface area contributed by atoms with Crippen LogP contribution < -0.4 is 0 Å². The van der Waals surface area contributed by atoms with Gasteiger partial charge in [0.1, 0.15) is 6.07 Å². The van der Waals surface area contributed by atoms with E-state index in [0.29, 0.717) is 17.9 Å². The zero-order chi connectivity index (χ0) is 21.2. The third-order valence-corrected chi connectivity index (χ3v) is 7.14. The number of ether oxygens (including phenoxy) is 1. The second kappa shape index (κ2) is 12.3. The maximum absolute atomic E-state index is 13.1. The fourth-order valence-corrected chi connectivity index (χ4v) is 5.14. The Hall–Kier alpha value is -1.66. The Kier molecular flexibility index (Phi) is 9.40. The molecule has 0 aromatic heterocycles. The van der Waals surface area contributed by atoms with Crippen molar-refractivity contribution < 1.29 is 9.13 Å². The van der Waals surface area contributed by atoms with Crippen LogP contribution in [0.3, 0.4) is 0 Å². The summed E-state index contributed by atoms with van der Waals surface area (Å²) >= 11 is 0. The molecule has 1 aromatic carbocycles. The van der Waals surface area contributed by atoms with Crippen molar-refractivity contribution in [2.24, 2.45) is 11.8 Å². The Morgan fingerprint density at radius 1 is 1.03 bits per heavy atom. The maximum atomic E-state index is 13.1. The average molecular weight is 412 g/mol. The number of allylic oxidation sites excluding steroid dienone is 2. The minimum Gasteiger partial charge on any atom is -0.378 e. The van der Waals surface area contributed by atoms with E-state index in [1.54, 1.807) is 6.07 Å². The van der Waals surface area contributed by atoms with Gasteiger partial charge in [-0.15, -0.1) is 0 Å². The van der Waals surface area contributed by atoms with Gasteiger partial charge in [0, 0.05) is 6.61 Å². The zero-order valence-electron chi connectivity index (χ0n) is 18.6. The molecule has 0 amide bonds. The number of nitriles is 1. The van der Waals surface area contributed by atoms with E-state index in [2.05, 4.69) is 31.2 Å². The highest BCUT2D eigenvalue weighted by atomic mass is 19.1. The largest absolute Gasteiger partial charge is 0.378 e. The summed E-state index contributed by atoms with van der Waals surface area (Å²) in [5.41, 5.74) is 3.00. The first-order valence-electron chi connectivity index (χ1n) is 12.2. The second-order valence-electron chi connectivity index (χ2n) is 9.41. The highest BCUT2D eigenvalue weighted by molar-refractivity contribution is 5.26. The molecule has 0 unspecified atom stereocenters. The van der Waals surface area contributed by atoms with Crippen LogP contribution in [0.25, 0.3) is 0 Å². The van der Waals surface area contributed by atoms with Gasteiger partial charge in [0.2, 0.25) is 0 Å². The lowest BCUT2D eigenvalue weighted by Gasteiger charge is -2.32. The normalized spacial score (nSPS) is 27.6. The van der Waals surface area contributed by atoms with Crippen LogP contribution in [0.15, 0.2) is 36.2 Å². The summed E-state index contributed by atoms with van der Waals surface area (Å²) in [6, 6.07) is 11.0. The van der Waals surface area contributed by atoms with E-state index in [0.717, 1.165) is 32.3 Å². The number of halogens is 1. The van der Waals surface area contributed by atoms with E-state index in [1.165, 1.54) is 68.6 Å². The van der Waals surface area contributed by atoms with Gasteiger partial charge >= 0.3 is 0 Å². The number of rotatable bonds is 9. The first kappa shape index (κ1) is 23.0. The number of nitrogens with zero attached hydrogens (tertiary/aromatic N) is 1. The summed E-state index contributed by atoms with van der Waals surface area (Å²) in [5.74, 6) is 0.964. The van der Waals surface area contributed by atoms with E-state index in [4.69, 9.17) is 10.00 Å². The van der Waals surface area contributed by atoms with Crippen molar-refractivity contribution in [3.8, 4) is 6.07 Å². The lowest BCUT2D eigenvalue weighted by atomic mass is 9.78. The standard InChI is InChI=1S/C27H38FNO/c1-2-3-4-5-21-6-12-24(13-7-21)25-14-8-23(9-15-25)20-30-27-16-10-22(11-17-27)18-26(28)19-29/h6-7,12-13,18,22-23,25,27H,2-5,8-11,14-17,20H2,1H3. The number of hydrogen-bond donors (Lipinski definition) is 0. The van der Waals surface area contributed by atoms with E-state index in [9.17, 15) is 4.39 Å². The molecular weight excluding hydrogens is 373 g/mol. The van der Waals surface area contributed by atoms with Gasteiger partial charge in [-0.25, -0.2) is 0 Å². The Morgan fingerprint density at radius 3 is 2.37 bits per heavy atom. The average Bonchev–Trinajstić information content (AvgIpc) is 2.79. The third-order valence-electron chi connectivity index (χ3n) is 7.14. The molecular formula is C27H38FNO. The number of benzene rings is 1. The fraction of sp³-hybridized carbons (Fsp3) is 0.667. The predicted molar refractivity (Wildman–Crippen MR) is 121 cm³/mol. The molecule has 164 valence electrons. The van der Waals surface area contributed by atoms with Crippen LogP contribution in [0.2, 0.25) is 0 Å². The predicted octanol–water partition coefficient (Wildman–Crippen LogP) is 7.65. The van der Waals surface area contributed by atoms with Crippen molar-refractivity contribution in [3.05, 3.63) is 47.3 Å². The Bertz CT molecular complexity index is 689. The molecule has 30 heavy (non-hydrogen) atoms. The highest BCUT2D eigenvalue weighted by Gasteiger charge is 2.25. The van der Waals surface area contributed by atoms with Crippen molar-refractivity contribution in [2.45, 2.75) is 96.0 Å². The lowest BCUT2D eigenvalue weighted by molar-refractivity contribution is -0.00465. The summed E-state index contributed by atoms with van der Waals surface area (Å²) in [5, 5.41) is 8.57. The van der Waals surface area contributed by atoms with Crippen molar-refractivity contribution in [1.29, 1.82) is 5.26 Å². The fourth-order valence-electron chi connectivity index (χ4n) is 5.14. The van der Waals surface area contributed by atoms with Gasteiger partial charge in [0.05, 0.1) is 6.10 Å². The second-order valence-corrected chi connectivity index (χ2v) is 9.41. The van der Waals surface area contributed by atoms with Crippen LogP contribution in [-0.2, 0) is 11.2 Å². The molecule has 0 radical (unpaired) electrons. The molecule has 0 atom stereocenters. The minimum absolute atomic E-state index is 0.206. The molecule has 3 rings (SSSR count). The number of unbranched alkanes of at least 4 members (excludes halogenated alkanes) is 2. The molecule has 2 aliphatic carbocycles. The van der Waals surface area contributed by atoms with Crippen molar-refractivity contribution >= 4 is 0 Å². The molecule has 1 aromatic rings. The van der Waals surface area contributed by atoms with E-state index >= 15 is 0 Å². The van der Waals surface area contributed by atoms with E-state index in [1.807, 2.05) is 0 Å². The van der Waals surface area contributed by atoms with Crippen LogP contribution in [0.1, 0.15) is 94.6 Å². The molecule has 3 heteroatoms. The van der Waals surface area contributed by atoms with Gasteiger partial charge in [0.15, 0.2) is 5.83 Å². The zero-order valence-corrected chi connectivity index (χ0v) is 18.6. The van der Waals surface area contributed by atoms with Gasteiger partial charge in [-0.3, -0.25) is 0 Å². The van der Waals surface area contributed by atoms with Crippen molar-refractivity contribution in [3.63, 3.8) is 0 Å². The molecule has 2 nitrogen and oxygen atoms in total. The Balaban J connectivity index is 1.34. The summed E-state index contributed by atoms with van der Waals surface area (Å²) in [4.78, 5) is 0. The molecule has 2 fully saturated rings. The molecule has 2 saturated carbocycles. The Labute approximate surface area is 182 Å². The molecule has 0 bridgehead atoms. The first-order valence-corrected chi connectivity index (χ1v) is 12.2. The first-order chi connectivity index (χ1) is 14.7. The van der Waals surface area contributed by atoms with Crippen molar-refractivity contribution in [2.75, 3.05) is 6.61 Å². The number of aryl methyl sites for hydroxylation is 1. The molecule has 0 aliphatic heterocycles. The van der Waals surface area contributed by atoms with Gasteiger partial charge in [-0.1, -0.05) is 44.0 Å². The van der Waals surface area contributed by atoms with Gasteiger partial charge in [-0.05, 0) is 99.2 Å². The minimum atomic E-state index is -0.637. The molecule has 0 saturated heterocycles. The monoisotopic (exact) mass is 411 g/mol. The van der Waals surface area contributed by atoms with Crippen molar-refractivity contribution in [1.82, 2.24) is 0 Å². The summed E-state index contributed by atoms with van der Waals surface area (Å²) < 4.78 is 19.3. The van der Waals surface area contributed by atoms with Crippen LogP contribution in [0.5, 0.6) is 0 Å². The Morgan fingerprint density at radius 2 is 1.73 bits per heavy atom. The molecule has 0 spiro atoms. The lowest BCUT2D eigenvalue weighted by Crippen LogP contribution is -2.25. The molecule has 2 aliphatic rings. The van der Waals surface area contributed by atoms with E-state index in [-0.39, 0.29) is 5.92 Å². The SMILES string of the molecule is CCCCCc1ccc(C2CCC(COC3CCC(C=C(F)C#N)CC3)CC2)cc1. The van der Waals surface area contributed by atoms with Gasteiger partial charge in [0.25, 0.3) is 0 Å². The summed E-state index contributed by atoms with van der Waals surface area (Å²) in [7, 11) is 0. The molecule has 0 heterocycles. The van der Waals surface area contributed by atoms with Crippen LogP contribution in [-0.4, -0.2) is 12.7 Å². The molecule has 0 N–H and O–H groups in total. The quantitative estimate of drug-likeness (QED) is 0.309. The van der Waals surface area contributed by atoms with Gasteiger partial charge in [-0.2, -0.15) is 9.65 Å². The van der Waals surface area contributed by atoms with Crippen LogP contribution >= 0.6 is 0 Å². The van der Waals surface area contributed by atoms with Crippen LogP contribution in [0, 0.1) is 23.2 Å². The topological polar surface area (TPSA) is 33.0 Å². The van der Waals surface area contributed by atoms with E-state index < -0.39 is 5.83 Å². The summed E-state index contributed by atoms with van der Waals surface area (Å²) in [6.07, 6.45) is 15.8. The van der Waals surface area contributed by atoms with Gasteiger partial charge < -0.3 is 4.74 Å². The third kappa shape index (κ3) is 7.24. The summed E-state index contributed by atoms with van der Waals surface area (Å²) in [6.45, 7) is 3.13. The van der Waals surface area contributed by atoms with Crippen LogP contribution in [0.4, 0.5) is 4.39 Å². The smallest absolute Gasteiger partial charge is 0.196 e. The highest BCUT2D eigenvalue weighted by Crippen LogP contribution is 2.37.